The molecule has 124 valence electrons. The molecule has 0 bridgehead atoms. The van der Waals surface area contributed by atoms with E-state index < -0.39 is 5.92 Å². The lowest BCUT2D eigenvalue weighted by Gasteiger charge is -2.21. The number of nitrogens with one attached hydrogen (secondary N) is 1. The van der Waals surface area contributed by atoms with Crippen LogP contribution in [0, 0.1) is 13.8 Å². The number of hydrogen-bond donors (Lipinski definition) is 3. The largest absolute Gasteiger partial charge is 0.507 e. The normalized spacial score (nSPS) is 11.2. The van der Waals surface area contributed by atoms with Crippen molar-refractivity contribution >= 4 is 23.2 Å². The van der Waals surface area contributed by atoms with Crippen molar-refractivity contribution in [2.75, 3.05) is 0 Å². The first-order valence-corrected chi connectivity index (χ1v) is 8.10. The van der Waals surface area contributed by atoms with E-state index in [0.29, 0.717) is 38.0 Å². The number of aromatic hydroxyl groups is 2. The molecule has 3 rings (SSSR count). The van der Waals surface area contributed by atoms with Crippen molar-refractivity contribution in [2.24, 2.45) is 0 Å². The molecule has 0 saturated carbocycles. The summed E-state index contributed by atoms with van der Waals surface area (Å²) in [4.78, 5) is 7.11. The highest BCUT2D eigenvalue weighted by Crippen LogP contribution is 2.43. The van der Waals surface area contributed by atoms with Crippen LogP contribution in [-0.4, -0.2) is 20.2 Å². The van der Waals surface area contributed by atoms with Gasteiger partial charge in [0, 0.05) is 33.1 Å². The van der Waals surface area contributed by atoms with Crippen molar-refractivity contribution in [3.63, 3.8) is 0 Å². The molecule has 0 spiro atoms. The third kappa shape index (κ3) is 2.95. The molecule has 0 aliphatic heterocycles. The van der Waals surface area contributed by atoms with Crippen LogP contribution in [0.15, 0.2) is 36.8 Å². The Bertz CT molecular complexity index is 835. The summed E-state index contributed by atoms with van der Waals surface area (Å²) in [6.07, 6.45) is 3.20. The van der Waals surface area contributed by atoms with Crippen molar-refractivity contribution in [3.8, 4) is 11.5 Å². The molecule has 4 nitrogen and oxygen atoms in total. The maximum atomic E-state index is 10.6. The van der Waals surface area contributed by atoms with Crippen LogP contribution in [0.4, 0.5) is 0 Å². The van der Waals surface area contributed by atoms with Crippen LogP contribution in [0.1, 0.15) is 33.9 Å². The summed E-state index contributed by atoms with van der Waals surface area (Å²) in [5, 5.41) is 22.2. The summed E-state index contributed by atoms with van der Waals surface area (Å²) in [7, 11) is 0. The van der Waals surface area contributed by atoms with E-state index in [0.717, 1.165) is 0 Å². The van der Waals surface area contributed by atoms with E-state index >= 15 is 0 Å². The maximum absolute atomic E-state index is 10.6. The van der Waals surface area contributed by atoms with Crippen LogP contribution in [0.25, 0.3) is 0 Å². The number of halogens is 2. The zero-order valence-electron chi connectivity index (χ0n) is 13.1. The molecule has 0 unspecified atom stereocenters. The van der Waals surface area contributed by atoms with Gasteiger partial charge in [-0.05, 0) is 49.2 Å². The van der Waals surface area contributed by atoms with Gasteiger partial charge in [-0.3, -0.25) is 0 Å². The summed E-state index contributed by atoms with van der Waals surface area (Å²) < 4.78 is 0. The molecule has 1 aromatic heterocycles. The van der Waals surface area contributed by atoms with Crippen LogP contribution in [0.3, 0.4) is 0 Å². The number of benzene rings is 2. The van der Waals surface area contributed by atoms with E-state index in [4.69, 9.17) is 23.2 Å². The van der Waals surface area contributed by atoms with Gasteiger partial charge in [0.15, 0.2) is 0 Å². The molecule has 0 saturated heterocycles. The molecule has 0 fully saturated rings. The molecular formula is C18H16Cl2N2O2. The highest BCUT2D eigenvalue weighted by molar-refractivity contribution is 6.31. The van der Waals surface area contributed by atoms with Crippen LogP contribution >= 0.6 is 23.2 Å². The zero-order chi connectivity index (χ0) is 17.4. The van der Waals surface area contributed by atoms with Gasteiger partial charge in [-0.2, -0.15) is 0 Å². The zero-order valence-corrected chi connectivity index (χ0v) is 14.7. The number of rotatable bonds is 3. The fourth-order valence-corrected chi connectivity index (χ4v) is 3.45. The Morgan fingerprint density at radius 3 is 1.83 bits per heavy atom. The molecule has 0 amide bonds. The Balaban J connectivity index is 2.32. The quantitative estimate of drug-likeness (QED) is 0.618. The summed E-state index contributed by atoms with van der Waals surface area (Å²) >= 11 is 12.4. The van der Waals surface area contributed by atoms with Crippen LogP contribution in [0.2, 0.25) is 10.0 Å². The van der Waals surface area contributed by atoms with Gasteiger partial charge in [-0.1, -0.05) is 23.2 Å². The first kappa shape index (κ1) is 16.7. The minimum atomic E-state index is -0.484. The molecule has 2 aromatic carbocycles. The van der Waals surface area contributed by atoms with Gasteiger partial charge in [0.1, 0.15) is 11.5 Å². The van der Waals surface area contributed by atoms with E-state index in [1.54, 1.807) is 50.6 Å². The standard InChI is InChI=1S/C18H16Cl2N2O2/c1-9-3-11(19)5-13(17(9)23)16(15-7-21-8-22-15)14-6-12(20)4-10(2)18(14)24/h3-8,16,23-24H,1-2H3,(H,21,22). The minimum Gasteiger partial charge on any atom is -0.507 e. The number of H-pyrrole nitrogens is 1. The van der Waals surface area contributed by atoms with Gasteiger partial charge in [-0.15, -0.1) is 0 Å². The van der Waals surface area contributed by atoms with E-state index in [9.17, 15) is 10.2 Å². The summed E-state index contributed by atoms with van der Waals surface area (Å²) in [5.74, 6) is -0.241. The Kier molecular flexibility index (Phi) is 4.43. The Labute approximate surface area is 149 Å². The SMILES string of the molecule is Cc1cc(Cl)cc(C(c2cnc[nH]2)c2cc(Cl)cc(C)c2O)c1O. The molecular weight excluding hydrogens is 347 g/mol. The van der Waals surface area contributed by atoms with E-state index in [1.807, 2.05) is 0 Å². The number of nitrogens with zero attached hydrogens (tertiary/aromatic N) is 1. The second-order valence-electron chi connectivity index (χ2n) is 5.76. The lowest BCUT2D eigenvalue weighted by Crippen LogP contribution is -2.06. The second-order valence-corrected chi connectivity index (χ2v) is 6.63. The molecule has 3 N–H and O–H groups in total. The van der Waals surface area contributed by atoms with Crippen LogP contribution in [0.5, 0.6) is 11.5 Å². The first-order chi connectivity index (χ1) is 11.4. The molecule has 3 aromatic rings. The predicted octanol–water partition coefficient (Wildman–Crippen LogP) is 4.92. The van der Waals surface area contributed by atoms with Gasteiger partial charge in [0.25, 0.3) is 0 Å². The van der Waals surface area contributed by atoms with Crippen molar-refractivity contribution in [1.29, 1.82) is 0 Å². The number of phenolic OH excluding ortho intramolecular Hbond substituents is 2. The molecule has 0 aliphatic carbocycles. The van der Waals surface area contributed by atoms with Crippen molar-refractivity contribution in [1.82, 2.24) is 9.97 Å². The van der Waals surface area contributed by atoms with E-state index in [1.165, 1.54) is 0 Å². The van der Waals surface area contributed by atoms with E-state index in [2.05, 4.69) is 9.97 Å². The lowest BCUT2D eigenvalue weighted by molar-refractivity contribution is 0.454. The number of phenols is 2. The van der Waals surface area contributed by atoms with Crippen molar-refractivity contribution in [3.05, 3.63) is 74.8 Å². The number of aromatic nitrogens is 2. The molecule has 0 radical (unpaired) electrons. The van der Waals surface area contributed by atoms with Crippen molar-refractivity contribution in [2.45, 2.75) is 19.8 Å². The van der Waals surface area contributed by atoms with Gasteiger partial charge in [-0.25, -0.2) is 4.98 Å². The first-order valence-electron chi connectivity index (χ1n) is 7.34. The molecule has 6 heteroatoms. The predicted molar refractivity (Wildman–Crippen MR) is 95.2 cm³/mol. The highest BCUT2D eigenvalue weighted by Gasteiger charge is 2.26. The molecule has 0 atom stereocenters. The Morgan fingerprint density at radius 1 is 0.917 bits per heavy atom. The van der Waals surface area contributed by atoms with E-state index in [-0.39, 0.29) is 11.5 Å². The van der Waals surface area contributed by atoms with Crippen molar-refractivity contribution < 1.29 is 10.2 Å². The third-order valence-electron chi connectivity index (χ3n) is 4.04. The summed E-state index contributed by atoms with van der Waals surface area (Å²) in [6.45, 7) is 3.55. The number of aromatic amines is 1. The Hall–Kier alpha value is -2.17. The second kappa shape index (κ2) is 6.38. The topological polar surface area (TPSA) is 69.1 Å². The van der Waals surface area contributed by atoms with Gasteiger partial charge < -0.3 is 15.2 Å². The summed E-state index contributed by atoms with van der Waals surface area (Å²) in [6, 6.07) is 6.75. The van der Waals surface area contributed by atoms with Gasteiger partial charge in [0.2, 0.25) is 0 Å². The van der Waals surface area contributed by atoms with Gasteiger partial charge >= 0.3 is 0 Å². The van der Waals surface area contributed by atoms with Crippen LogP contribution < -0.4 is 0 Å². The number of imidazole rings is 1. The third-order valence-corrected chi connectivity index (χ3v) is 4.48. The number of hydrogen-bond acceptors (Lipinski definition) is 3. The Morgan fingerprint density at radius 2 is 1.42 bits per heavy atom. The number of aryl methyl sites for hydroxylation is 2. The fraction of sp³-hybridized carbons (Fsp3) is 0.167. The monoisotopic (exact) mass is 362 g/mol. The summed E-state index contributed by atoms with van der Waals surface area (Å²) in [5.41, 5.74) is 3.16. The molecule has 1 heterocycles. The lowest BCUT2D eigenvalue weighted by atomic mass is 9.86. The molecule has 0 aliphatic rings. The molecule has 24 heavy (non-hydrogen) atoms. The average molecular weight is 363 g/mol. The average Bonchev–Trinajstić information content (AvgIpc) is 3.03. The highest BCUT2D eigenvalue weighted by atomic mass is 35.5. The fourth-order valence-electron chi connectivity index (χ4n) is 2.89. The van der Waals surface area contributed by atoms with Gasteiger partial charge in [0.05, 0.1) is 12.2 Å². The minimum absolute atomic E-state index is 0.121. The maximum Gasteiger partial charge on any atom is 0.122 e. The van der Waals surface area contributed by atoms with Crippen LogP contribution in [-0.2, 0) is 0 Å². The smallest absolute Gasteiger partial charge is 0.122 e.